The zero-order chi connectivity index (χ0) is 10.6. The molecule has 14 heavy (non-hydrogen) atoms. The van der Waals surface area contributed by atoms with Gasteiger partial charge in [0.25, 0.3) is 0 Å². The van der Waals surface area contributed by atoms with Crippen molar-refractivity contribution in [1.82, 2.24) is 5.32 Å². The fraction of sp³-hybridized carbons (Fsp3) is 0.917. The second kappa shape index (κ2) is 5.38. The Morgan fingerprint density at radius 1 is 1.43 bits per heavy atom. The molecule has 1 aliphatic carbocycles. The smallest absolute Gasteiger partial charge is 0.220 e. The summed E-state index contributed by atoms with van der Waals surface area (Å²) < 4.78 is 0. The van der Waals surface area contributed by atoms with Crippen LogP contribution in [0.25, 0.3) is 0 Å². The molecule has 82 valence electrons. The van der Waals surface area contributed by atoms with E-state index in [1.165, 1.54) is 25.7 Å². The van der Waals surface area contributed by atoms with Gasteiger partial charge in [-0.1, -0.05) is 33.6 Å². The highest BCUT2D eigenvalue weighted by Crippen LogP contribution is 2.23. The molecule has 2 heteroatoms. The van der Waals surface area contributed by atoms with Crippen molar-refractivity contribution in [3.63, 3.8) is 0 Å². The van der Waals surface area contributed by atoms with Crippen LogP contribution in [0.1, 0.15) is 52.9 Å². The summed E-state index contributed by atoms with van der Waals surface area (Å²) in [4.78, 5) is 11.5. The molecule has 0 bridgehead atoms. The molecular weight excluding hydrogens is 174 g/mol. The van der Waals surface area contributed by atoms with Crippen molar-refractivity contribution >= 4 is 5.91 Å². The van der Waals surface area contributed by atoms with E-state index in [1.807, 2.05) is 0 Å². The van der Waals surface area contributed by atoms with Gasteiger partial charge in [0.2, 0.25) is 5.91 Å². The number of hydrogen-bond donors (Lipinski definition) is 1. The van der Waals surface area contributed by atoms with Gasteiger partial charge in [-0.2, -0.15) is 0 Å². The van der Waals surface area contributed by atoms with E-state index >= 15 is 0 Å². The van der Waals surface area contributed by atoms with Gasteiger partial charge in [-0.3, -0.25) is 4.79 Å². The topological polar surface area (TPSA) is 29.1 Å². The molecule has 2 unspecified atom stereocenters. The summed E-state index contributed by atoms with van der Waals surface area (Å²) in [6.45, 7) is 6.45. The molecule has 2 atom stereocenters. The molecule has 1 aliphatic rings. The summed E-state index contributed by atoms with van der Waals surface area (Å²) in [6, 6.07) is 0.449. The van der Waals surface area contributed by atoms with E-state index in [0.29, 0.717) is 18.4 Å². The van der Waals surface area contributed by atoms with Gasteiger partial charge in [0.05, 0.1) is 0 Å². The first-order valence-electron chi connectivity index (χ1n) is 5.87. The van der Waals surface area contributed by atoms with Crippen molar-refractivity contribution in [2.75, 3.05) is 0 Å². The highest BCUT2D eigenvalue weighted by Gasteiger charge is 2.20. The van der Waals surface area contributed by atoms with Gasteiger partial charge in [-0.05, 0) is 24.7 Å². The molecule has 1 saturated carbocycles. The maximum atomic E-state index is 11.5. The summed E-state index contributed by atoms with van der Waals surface area (Å²) in [5.74, 6) is 1.49. The van der Waals surface area contributed by atoms with Gasteiger partial charge in [0.1, 0.15) is 0 Å². The minimum absolute atomic E-state index is 0.235. The van der Waals surface area contributed by atoms with E-state index < -0.39 is 0 Å². The van der Waals surface area contributed by atoms with Gasteiger partial charge >= 0.3 is 0 Å². The molecule has 0 aromatic rings. The lowest BCUT2D eigenvalue weighted by Gasteiger charge is -2.27. The van der Waals surface area contributed by atoms with Crippen LogP contribution in [-0.4, -0.2) is 11.9 Å². The minimum Gasteiger partial charge on any atom is -0.353 e. The molecular formula is C12H23NO. The highest BCUT2D eigenvalue weighted by molar-refractivity contribution is 5.76. The number of carbonyl (C=O) groups is 1. The Morgan fingerprint density at radius 3 is 2.71 bits per heavy atom. The van der Waals surface area contributed by atoms with Crippen LogP contribution in [0.2, 0.25) is 0 Å². The third-order valence-electron chi connectivity index (χ3n) is 2.90. The molecule has 0 aliphatic heterocycles. The van der Waals surface area contributed by atoms with Crippen LogP contribution in [0.5, 0.6) is 0 Å². The average Bonchev–Trinajstić information content (AvgIpc) is 2.01. The van der Waals surface area contributed by atoms with Gasteiger partial charge in [0.15, 0.2) is 0 Å². The van der Waals surface area contributed by atoms with Gasteiger partial charge in [-0.25, -0.2) is 0 Å². The number of hydrogen-bond acceptors (Lipinski definition) is 1. The first kappa shape index (κ1) is 11.5. The molecule has 1 rings (SSSR count). The Labute approximate surface area is 87.5 Å². The second-order valence-electron chi connectivity index (χ2n) is 5.13. The van der Waals surface area contributed by atoms with Gasteiger partial charge in [-0.15, -0.1) is 0 Å². The van der Waals surface area contributed by atoms with Crippen molar-refractivity contribution in [1.29, 1.82) is 0 Å². The van der Waals surface area contributed by atoms with Crippen LogP contribution in [-0.2, 0) is 4.79 Å². The zero-order valence-electron chi connectivity index (χ0n) is 9.68. The molecule has 0 heterocycles. The second-order valence-corrected chi connectivity index (χ2v) is 5.13. The molecule has 1 N–H and O–H groups in total. The quantitative estimate of drug-likeness (QED) is 0.740. The zero-order valence-corrected chi connectivity index (χ0v) is 9.68. The third-order valence-corrected chi connectivity index (χ3v) is 2.90. The van der Waals surface area contributed by atoms with Crippen LogP contribution in [0.3, 0.4) is 0 Å². The van der Waals surface area contributed by atoms with E-state index in [1.54, 1.807) is 0 Å². The molecule has 1 fully saturated rings. The Bertz CT molecular complexity index is 189. The molecule has 1 amide bonds. The van der Waals surface area contributed by atoms with E-state index in [9.17, 15) is 4.79 Å². The predicted molar refractivity (Wildman–Crippen MR) is 59.0 cm³/mol. The Morgan fingerprint density at radius 2 is 2.14 bits per heavy atom. The fourth-order valence-corrected chi connectivity index (χ4v) is 2.22. The lowest BCUT2D eigenvalue weighted by Crippen LogP contribution is -2.38. The van der Waals surface area contributed by atoms with Crippen LogP contribution in [0.15, 0.2) is 0 Å². The van der Waals surface area contributed by atoms with E-state index in [2.05, 4.69) is 26.1 Å². The van der Waals surface area contributed by atoms with E-state index in [4.69, 9.17) is 0 Å². The summed E-state index contributed by atoms with van der Waals surface area (Å²) in [5, 5.41) is 3.14. The van der Waals surface area contributed by atoms with Crippen molar-refractivity contribution in [3.8, 4) is 0 Å². The first-order valence-corrected chi connectivity index (χ1v) is 5.87. The summed E-state index contributed by atoms with van der Waals surface area (Å²) in [5.41, 5.74) is 0. The van der Waals surface area contributed by atoms with Crippen molar-refractivity contribution in [3.05, 3.63) is 0 Å². The average molecular weight is 197 g/mol. The normalized spacial score (nSPS) is 27.7. The third kappa shape index (κ3) is 4.12. The van der Waals surface area contributed by atoms with Gasteiger partial charge in [0, 0.05) is 12.5 Å². The SMILES string of the molecule is CC(C)CC(=O)NC1CCCC(C)C1. The Hall–Kier alpha value is -0.530. The maximum Gasteiger partial charge on any atom is 0.220 e. The molecule has 0 spiro atoms. The summed E-state index contributed by atoms with van der Waals surface area (Å²) >= 11 is 0. The number of rotatable bonds is 3. The van der Waals surface area contributed by atoms with E-state index in [0.717, 1.165) is 5.92 Å². The lowest BCUT2D eigenvalue weighted by atomic mass is 9.87. The van der Waals surface area contributed by atoms with Crippen LogP contribution in [0, 0.1) is 11.8 Å². The molecule has 0 radical (unpaired) electrons. The fourth-order valence-electron chi connectivity index (χ4n) is 2.22. The number of carbonyl (C=O) groups excluding carboxylic acids is 1. The molecule has 2 nitrogen and oxygen atoms in total. The summed E-state index contributed by atoms with van der Waals surface area (Å²) in [6.07, 6.45) is 5.62. The van der Waals surface area contributed by atoms with Crippen LogP contribution in [0.4, 0.5) is 0 Å². The number of amides is 1. The molecule has 0 aromatic heterocycles. The Kier molecular flexibility index (Phi) is 4.43. The van der Waals surface area contributed by atoms with Gasteiger partial charge < -0.3 is 5.32 Å². The van der Waals surface area contributed by atoms with Crippen molar-refractivity contribution < 1.29 is 4.79 Å². The lowest BCUT2D eigenvalue weighted by molar-refractivity contribution is -0.122. The molecule has 0 saturated heterocycles. The van der Waals surface area contributed by atoms with Crippen LogP contribution < -0.4 is 5.32 Å². The minimum atomic E-state index is 0.235. The molecule has 0 aromatic carbocycles. The van der Waals surface area contributed by atoms with E-state index in [-0.39, 0.29) is 5.91 Å². The Balaban J connectivity index is 2.25. The monoisotopic (exact) mass is 197 g/mol. The largest absolute Gasteiger partial charge is 0.353 e. The first-order chi connectivity index (χ1) is 6.58. The summed E-state index contributed by atoms with van der Waals surface area (Å²) in [7, 11) is 0. The van der Waals surface area contributed by atoms with Crippen molar-refractivity contribution in [2.45, 2.75) is 58.9 Å². The van der Waals surface area contributed by atoms with Crippen molar-refractivity contribution in [2.24, 2.45) is 11.8 Å². The number of nitrogens with one attached hydrogen (secondary N) is 1. The maximum absolute atomic E-state index is 11.5. The van der Waals surface area contributed by atoms with Crippen LogP contribution >= 0.6 is 0 Å². The standard InChI is InChI=1S/C12H23NO/c1-9(2)7-12(14)13-11-6-4-5-10(3)8-11/h9-11H,4-8H2,1-3H3,(H,13,14). The highest BCUT2D eigenvalue weighted by atomic mass is 16.1. The predicted octanol–water partition coefficient (Wildman–Crippen LogP) is 2.73.